The molecule has 2 aromatic heterocycles. The Hall–Kier alpha value is -2.26. The molecule has 2 aliphatic heterocycles. The van der Waals surface area contributed by atoms with E-state index in [1.807, 2.05) is 0 Å². The number of rotatable bonds is 6. The summed E-state index contributed by atoms with van der Waals surface area (Å²) in [5.41, 5.74) is 4.72. The largest absolute Gasteiger partial charge is 0.397 e. The summed E-state index contributed by atoms with van der Waals surface area (Å²) in [4.78, 5) is 22.2. The summed E-state index contributed by atoms with van der Waals surface area (Å²) in [7, 11) is -4.90. The number of hydrogen-bond acceptors (Lipinski definition) is 14. The third-order valence-electron chi connectivity index (χ3n) is 5.52. The quantitative estimate of drug-likeness (QED) is 0.183. The minimum absolute atomic E-state index is 0.0680. The van der Waals surface area contributed by atoms with Gasteiger partial charge in [-0.05, 0) is 6.92 Å². The first-order valence-corrected chi connectivity index (χ1v) is 11.3. The van der Waals surface area contributed by atoms with Gasteiger partial charge < -0.3 is 40.4 Å². The predicted octanol–water partition coefficient (Wildman–Crippen LogP) is -4.01. The van der Waals surface area contributed by atoms with Crippen molar-refractivity contribution >= 4 is 27.5 Å². The van der Waals surface area contributed by atoms with Crippen LogP contribution in [0.2, 0.25) is 0 Å². The van der Waals surface area contributed by atoms with Crippen LogP contribution >= 0.6 is 0 Å². The number of fused-ring (bicyclic) bond motifs is 1. The van der Waals surface area contributed by atoms with Crippen LogP contribution in [-0.2, 0) is 28.8 Å². The molecule has 0 unspecified atom stereocenters. The highest BCUT2D eigenvalue weighted by Gasteiger charge is 2.51. The number of ether oxygens (including phenoxy) is 3. The highest BCUT2D eigenvalue weighted by Crippen LogP contribution is 2.35. The zero-order chi connectivity index (χ0) is 24.9. The first-order chi connectivity index (χ1) is 15.9. The first-order valence-electron chi connectivity index (χ1n) is 9.90. The van der Waals surface area contributed by atoms with Gasteiger partial charge in [0.1, 0.15) is 36.6 Å². The highest BCUT2D eigenvalue weighted by atomic mass is 32.3. The van der Waals surface area contributed by atoms with Gasteiger partial charge in [-0.25, -0.2) is 9.17 Å². The molecular weight excluding hydrogens is 486 g/mol. The third kappa shape index (κ3) is 4.64. The maximum Gasteiger partial charge on any atom is 0.397 e. The average molecular weight is 509 g/mol. The molecule has 4 rings (SSSR count). The maximum absolute atomic E-state index is 12.1. The van der Waals surface area contributed by atoms with E-state index >= 15 is 0 Å². The molecule has 0 aliphatic carbocycles. The maximum atomic E-state index is 12.1. The fourth-order valence-electron chi connectivity index (χ4n) is 3.81. The van der Waals surface area contributed by atoms with Crippen molar-refractivity contribution < 1.29 is 51.8 Å². The van der Waals surface area contributed by atoms with Crippen LogP contribution in [0.4, 0.5) is 5.95 Å². The summed E-state index contributed by atoms with van der Waals surface area (Å²) < 4.78 is 53.2. The van der Waals surface area contributed by atoms with Gasteiger partial charge in [0.2, 0.25) is 5.95 Å². The summed E-state index contributed by atoms with van der Waals surface area (Å²) in [6.45, 7) is 0.577. The van der Waals surface area contributed by atoms with E-state index in [-0.39, 0.29) is 17.1 Å². The van der Waals surface area contributed by atoms with Gasteiger partial charge in [0.15, 0.2) is 23.7 Å². The lowest BCUT2D eigenvalue weighted by atomic mass is 10.00. The second kappa shape index (κ2) is 9.07. The molecule has 0 saturated carbocycles. The van der Waals surface area contributed by atoms with Crippen molar-refractivity contribution in [1.29, 1.82) is 0 Å². The molecule has 2 fully saturated rings. The number of nitrogens with zero attached hydrogens (tertiary/aromatic N) is 3. The molecule has 0 amide bonds. The lowest BCUT2D eigenvalue weighted by Gasteiger charge is -2.40. The van der Waals surface area contributed by atoms with Crippen molar-refractivity contribution in [3.63, 3.8) is 0 Å². The number of hydrogen-bond donors (Lipinski definition) is 7. The molecular formula is C16H23N5O12S. The Bertz CT molecular complexity index is 1200. The van der Waals surface area contributed by atoms with Crippen molar-refractivity contribution in [2.45, 2.75) is 62.2 Å². The number of aliphatic hydroxyl groups excluding tert-OH is 4. The fourth-order valence-corrected chi connectivity index (χ4v) is 4.12. The number of nitrogens with two attached hydrogens (primary N) is 1. The van der Waals surface area contributed by atoms with E-state index in [9.17, 15) is 33.6 Å². The van der Waals surface area contributed by atoms with E-state index in [4.69, 9.17) is 24.5 Å². The van der Waals surface area contributed by atoms with Gasteiger partial charge >= 0.3 is 10.4 Å². The Labute approximate surface area is 190 Å². The lowest BCUT2D eigenvalue weighted by Crippen LogP contribution is -2.59. The summed E-state index contributed by atoms with van der Waals surface area (Å²) in [6.07, 6.45) is -12.1. The number of H-pyrrole nitrogens is 1. The summed E-state index contributed by atoms with van der Waals surface area (Å²) >= 11 is 0. The zero-order valence-corrected chi connectivity index (χ0v) is 18.2. The number of imidazole rings is 1. The Morgan fingerprint density at radius 2 is 1.88 bits per heavy atom. The van der Waals surface area contributed by atoms with Crippen molar-refractivity contribution in [3.8, 4) is 0 Å². The van der Waals surface area contributed by atoms with Crippen LogP contribution in [0.5, 0.6) is 0 Å². The van der Waals surface area contributed by atoms with Crippen LogP contribution in [0.25, 0.3) is 11.2 Å². The van der Waals surface area contributed by atoms with Crippen LogP contribution in [0.15, 0.2) is 11.1 Å². The number of anilines is 1. The molecule has 8 N–H and O–H groups in total. The van der Waals surface area contributed by atoms with Crippen molar-refractivity contribution in [2.75, 3.05) is 12.3 Å². The Morgan fingerprint density at radius 1 is 1.18 bits per heavy atom. The Balaban J connectivity index is 1.65. The van der Waals surface area contributed by atoms with E-state index in [0.717, 1.165) is 10.9 Å². The summed E-state index contributed by atoms with van der Waals surface area (Å²) in [5, 5.41) is 41.1. The number of aromatic nitrogens is 4. The SMILES string of the molecule is C[C@H]1O[C@@H](O[C@H]2[C@@H](O)[C@H](n3cnc4c(=O)[nH]c(N)nc43)O[C@@H]2COS(=O)(=O)O)[C@H](O)[C@@H](O)[C@H]1O. The van der Waals surface area contributed by atoms with Gasteiger partial charge in [-0.15, -0.1) is 0 Å². The van der Waals surface area contributed by atoms with Crippen LogP contribution in [0.3, 0.4) is 0 Å². The van der Waals surface area contributed by atoms with Crippen molar-refractivity contribution in [2.24, 2.45) is 0 Å². The van der Waals surface area contributed by atoms with E-state index in [0.29, 0.717) is 0 Å². The van der Waals surface area contributed by atoms with E-state index in [1.54, 1.807) is 0 Å². The molecule has 18 heteroatoms. The van der Waals surface area contributed by atoms with Gasteiger partial charge in [-0.2, -0.15) is 13.4 Å². The molecule has 0 radical (unpaired) electrons. The van der Waals surface area contributed by atoms with Crippen molar-refractivity contribution in [1.82, 2.24) is 19.5 Å². The molecule has 0 aromatic carbocycles. The third-order valence-corrected chi connectivity index (χ3v) is 5.95. The Morgan fingerprint density at radius 3 is 2.56 bits per heavy atom. The summed E-state index contributed by atoms with van der Waals surface area (Å²) in [5.74, 6) is -0.244. The van der Waals surface area contributed by atoms with Crippen LogP contribution in [-0.4, -0.2) is 109 Å². The topological polar surface area (TPSA) is 262 Å². The van der Waals surface area contributed by atoms with Gasteiger partial charge in [0, 0.05) is 0 Å². The van der Waals surface area contributed by atoms with Gasteiger partial charge in [0.05, 0.1) is 19.0 Å². The van der Waals surface area contributed by atoms with Gasteiger partial charge in [-0.1, -0.05) is 0 Å². The molecule has 0 bridgehead atoms. The fraction of sp³-hybridized carbons (Fsp3) is 0.688. The molecule has 17 nitrogen and oxygen atoms in total. The molecule has 2 aromatic rings. The summed E-state index contributed by atoms with van der Waals surface area (Å²) in [6, 6.07) is 0. The Kier molecular flexibility index (Phi) is 6.63. The van der Waals surface area contributed by atoms with Crippen molar-refractivity contribution in [3.05, 3.63) is 16.7 Å². The second-order valence-corrected chi connectivity index (χ2v) is 8.92. The molecule has 190 valence electrons. The van der Waals surface area contributed by atoms with Crippen LogP contribution in [0, 0.1) is 0 Å². The number of aliphatic hydroxyl groups is 4. The van der Waals surface area contributed by atoms with Crippen LogP contribution < -0.4 is 11.3 Å². The highest BCUT2D eigenvalue weighted by molar-refractivity contribution is 7.80. The van der Waals surface area contributed by atoms with E-state index < -0.39 is 77.8 Å². The number of aromatic amines is 1. The molecule has 4 heterocycles. The van der Waals surface area contributed by atoms with Gasteiger partial charge in [-0.3, -0.25) is 18.9 Å². The number of nitrogen functional groups attached to an aromatic ring is 1. The molecule has 2 aliphatic rings. The van der Waals surface area contributed by atoms with Crippen LogP contribution in [0.1, 0.15) is 13.2 Å². The molecule has 0 spiro atoms. The molecule has 2 saturated heterocycles. The minimum atomic E-state index is -4.90. The minimum Gasteiger partial charge on any atom is -0.388 e. The predicted molar refractivity (Wildman–Crippen MR) is 107 cm³/mol. The lowest BCUT2D eigenvalue weighted by molar-refractivity contribution is -0.311. The number of nitrogens with one attached hydrogen (secondary N) is 1. The normalized spacial score (nSPS) is 36.8. The first kappa shape index (κ1) is 24.9. The second-order valence-electron chi connectivity index (χ2n) is 7.83. The van der Waals surface area contributed by atoms with E-state index in [1.165, 1.54) is 6.92 Å². The van der Waals surface area contributed by atoms with E-state index in [2.05, 4.69) is 19.1 Å². The molecule has 9 atom stereocenters. The smallest absolute Gasteiger partial charge is 0.388 e. The molecule has 34 heavy (non-hydrogen) atoms. The average Bonchev–Trinajstić information content (AvgIpc) is 3.29. The van der Waals surface area contributed by atoms with Gasteiger partial charge in [0.25, 0.3) is 5.56 Å². The standard InChI is InChI=1S/C16H23N5O12S/c1-4-7(22)8(23)9(24)15(31-4)33-11-5(2-30-34(27,28)29)32-14(10(11)25)21-3-18-6-12(21)19-16(17)20-13(6)26/h3-5,7-11,14-15,22-25H,2H2,1H3,(H,27,28,29)(H3,17,19,20,26)/t4-,5-,7+,8+,9-,10-,11-,14-,15+/m1/s1. The monoisotopic (exact) mass is 509 g/mol. The zero-order valence-electron chi connectivity index (χ0n) is 17.4.